The predicted octanol–water partition coefficient (Wildman–Crippen LogP) is 3.16. The van der Waals surface area contributed by atoms with Gasteiger partial charge in [0.1, 0.15) is 5.82 Å². The Morgan fingerprint density at radius 2 is 2.00 bits per heavy atom. The van der Waals surface area contributed by atoms with E-state index >= 15 is 0 Å². The largest absolute Gasteiger partial charge is 0.306 e. The minimum atomic E-state index is -0.109. The van der Waals surface area contributed by atoms with Gasteiger partial charge in [0.25, 0.3) is 0 Å². The molecule has 0 aromatic heterocycles. The fraction of sp³-hybridized carbons (Fsp3) is 0.538. The predicted molar refractivity (Wildman–Crippen MR) is 57.9 cm³/mol. The van der Waals surface area contributed by atoms with Crippen LogP contribution in [-0.2, 0) is 6.54 Å². The van der Waals surface area contributed by atoms with Crippen LogP contribution < -0.4 is 5.32 Å². The normalized spacial score (nSPS) is 25.8. The van der Waals surface area contributed by atoms with E-state index in [2.05, 4.69) is 5.32 Å². The first kappa shape index (κ1) is 9.34. The van der Waals surface area contributed by atoms with Gasteiger partial charge in [-0.25, -0.2) is 4.39 Å². The van der Waals surface area contributed by atoms with Gasteiger partial charge in [0, 0.05) is 12.6 Å². The van der Waals surface area contributed by atoms with Crippen LogP contribution >= 0.6 is 0 Å². The highest BCUT2D eigenvalue weighted by Gasteiger charge is 2.31. The molecule has 0 saturated heterocycles. The second-order valence-electron chi connectivity index (χ2n) is 4.75. The second-order valence-corrected chi connectivity index (χ2v) is 4.75. The molecule has 3 rings (SSSR count). The van der Waals surface area contributed by atoms with Crippen molar-refractivity contribution in [3.05, 3.63) is 35.1 Å². The molecule has 0 amide bonds. The average Bonchev–Trinajstić information content (AvgIpc) is 2.82. The third kappa shape index (κ3) is 1.57. The lowest BCUT2D eigenvalue weighted by Gasteiger charge is -2.19. The minimum Gasteiger partial charge on any atom is -0.306 e. The Hall–Kier alpha value is -0.890. The van der Waals surface area contributed by atoms with Crippen LogP contribution in [0.4, 0.5) is 4.39 Å². The second kappa shape index (κ2) is 3.60. The third-order valence-corrected chi connectivity index (χ3v) is 3.82. The van der Waals surface area contributed by atoms with E-state index in [4.69, 9.17) is 0 Å². The Balaban J connectivity index is 1.90. The molecule has 1 aromatic rings. The van der Waals surface area contributed by atoms with E-state index in [0.717, 1.165) is 18.0 Å². The van der Waals surface area contributed by atoms with Crippen molar-refractivity contribution in [3.8, 4) is 0 Å². The molecule has 1 unspecified atom stereocenters. The molecule has 1 fully saturated rings. The number of hydrogen-bond acceptors (Lipinski definition) is 1. The summed E-state index contributed by atoms with van der Waals surface area (Å²) in [5, 5.41) is 3.52. The van der Waals surface area contributed by atoms with Crippen LogP contribution in [0.1, 0.15) is 42.9 Å². The van der Waals surface area contributed by atoms with Gasteiger partial charge < -0.3 is 5.32 Å². The van der Waals surface area contributed by atoms with Crippen LogP contribution in [0.25, 0.3) is 0 Å². The highest BCUT2D eigenvalue weighted by molar-refractivity contribution is 5.35. The molecule has 1 aliphatic heterocycles. The van der Waals surface area contributed by atoms with E-state index in [-0.39, 0.29) is 5.82 Å². The molecule has 2 heteroatoms. The van der Waals surface area contributed by atoms with Crippen molar-refractivity contribution in [1.29, 1.82) is 0 Å². The Morgan fingerprint density at radius 1 is 1.20 bits per heavy atom. The lowest BCUT2D eigenvalue weighted by molar-refractivity contribution is 0.390. The Bertz CT molecular complexity index is 369. The van der Waals surface area contributed by atoms with Crippen molar-refractivity contribution in [3.63, 3.8) is 0 Å². The zero-order valence-electron chi connectivity index (χ0n) is 8.80. The molecule has 1 saturated carbocycles. The number of benzene rings is 1. The highest BCUT2D eigenvalue weighted by atomic mass is 19.1. The Labute approximate surface area is 89.7 Å². The third-order valence-electron chi connectivity index (χ3n) is 3.82. The molecule has 2 aliphatic rings. The van der Waals surface area contributed by atoms with Crippen molar-refractivity contribution in [1.82, 2.24) is 5.32 Å². The summed E-state index contributed by atoms with van der Waals surface area (Å²) in [6.45, 7) is 0.842. The van der Waals surface area contributed by atoms with Crippen LogP contribution in [0.5, 0.6) is 0 Å². The number of halogens is 1. The highest BCUT2D eigenvalue weighted by Crippen LogP contribution is 2.39. The van der Waals surface area contributed by atoms with Gasteiger partial charge in [-0.3, -0.25) is 0 Å². The maximum Gasteiger partial charge on any atom is 0.123 e. The summed E-state index contributed by atoms with van der Waals surface area (Å²) in [5.74, 6) is 0.666. The van der Waals surface area contributed by atoms with Gasteiger partial charge in [0.2, 0.25) is 0 Å². The molecule has 0 radical (unpaired) electrons. The molecular formula is C13H16FN. The lowest BCUT2D eigenvalue weighted by atomic mass is 9.92. The zero-order chi connectivity index (χ0) is 10.3. The fourth-order valence-electron chi connectivity index (χ4n) is 3.07. The number of nitrogens with one attached hydrogen (secondary N) is 1. The molecular weight excluding hydrogens is 189 g/mol. The average molecular weight is 205 g/mol. The molecule has 80 valence electrons. The van der Waals surface area contributed by atoms with Gasteiger partial charge in [-0.1, -0.05) is 18.9 Å². The summed E-state index contributed by atoms with van der Waals surface area (Å²) in [7, 11) is 0. The first-order valence-electron chi connectivity index (χ1n) is 5.86. The van der Waals surface area contributed by atoms with Crippen LogP contribution in [0.3, 0.4) is 0 Å². The Kier molecular flexibility index (Phi) is 2.24. The number of rotatable bonds is 1. The van der Waals surface area contributed by atoms with Crippen molar-refractivity contribution < 1.29 is 4.39 Å². The molecule has 1 N–H and O–H groups in total. The van der Waals surface area contributed by atoms with Gasteiger partial charge in [-0.05, 0) is 42.0 Å². The Morgan fingerprint density at radius 3 is 2.80 bits per heavy atom. The van der Waals surface area contributed by atoms with E-state index in [1.807, 2.05) is 6.07 Å². The quantitative estimate of drug-likeness (QED) is 0.742. The maximum atomic E-state index is 13.0. The number of fused-ring (bicyclic) bond motifs is 1. The van der Waals surface area contributed by atoms with Gasteiger partial charge in [0.05, 0.1) is 0 Å². The number of hydrogen-bond donors (Lipinski definition) is 1. The molecule has 1 atom stereocenters. The summed E-state index contributed by atoms with van der Waals surface area (Å²) in [4.78, 5) is 0. The van der Waals surface area contributed by atoms with E-state index in [1.165, 1.54) is 31.2 Å². The van der Waals surface area contributed by atoms with Gasteiger partial charge in [0.15, 0.2) is 0 Å². The van der Waals surface area contributed by atoms with E-state index < -0.39 is 0 Å². The monoisotopic (exact) mass is 205 g/mol. The minimum absolute atomic E-state index is 0.109. The van der Waals surface area contributed by atoms with E-state index in [1.54, 1.807) is 12.1 Å². The van der Waals surface area contributed by atoms with Crippen molar-refractivity contribution >= 4 is 0 Å². The molecule has 0 bridgehead atoms. The SMILES string of the molecule is Fc1ccc2c(c1)CNC2C1CCCC1. The molecule has 1 heterocycles. The van der Waals surface area contributed by atoms with Crippen molar-refractivity contribution in [2.75, 3.05) is 0 Å². The summed E-state index contributed by atoms with van der Waals surface area (Å²) in [6.07, 6.45) is 5.38. The first-order valence-corrected chi connectivity index (χ1v) is 5.86. The maximum absolute atomic E-state index is 13.0. The van der Waals surface area contributed by atoms with Crippen LogP contribution in [-0.4, -0.2) is 0 Å². The van der Waals surface area contributed by atoms with Crippen LogP contribution in [0.2, 0.25) is 0 Å². The van der Waals surface area contributed by atoms with Gasteiger partial charge in [-0.15, -0.1) is 0 Å². The molecule has 1 aliphatic carbocycles. The van der Waals surface area contributed by atoms with E-state index in [9.17, 15) is 4.39 Å². The molecule has 1 aromatic carbocycles. The lowest BCUT2D eigenvalue weighted by Crippen LogP contribution is -2.19. The summed E-state index contributed by atoms with van der Waals surface area (Å²) in [5.41, 5.74) is 2.50. The topological polar surface area (TPSA) is 12.0 Å². The zero-order valence-corrected chi connectivity index (χ0v) is 8.80. The molecule has 0 spiro atoms. The standard InChI is InChI=1S/C13H16FN/c14-11-5-6-12-10(7-11)8-15-13(12)9-3-1-2-4-9/h5-7,9,13,15H,1-4,8H2. The fourth-order valence-corrected chi connectivity index (χ4v) is 3.07. The molecule has 15 heavy (non-hydrogen) atoms. The van der Waals surface area contributed by atoms with Crippen molar-refractivity contribution in [2.45, 2.75) is 38.3 Å². The van der Waals surface area contributed by atoms with Crippen LogP contribution in [0, 0.1) is 11.7 Å². The van der Waals surface area contributed by atoms with E-state index in [0.29, 0.717) is 6.04 Å². The summed E-state index contributed by atoms with van der Waals surface area (Å²) < 4.78 is 13.0. The van der Waals surface area contributed by atoms with Gasteiger partial charge >= 0.3 is 0 Å². The first-order chi connectivity index (χ1) is 7.34. The smallest absolute Gasteiger partial charge is 0.123 e. The summed E-state index contributed by atoms with van der Waals surface area (Å²) >= 11 is 0. The summed E-state index contributed by atoms with van der Waals surface area (Å²) in [6, 6.07) is 5.72. The molecule has 1 nitrogen and oxygen atoms in total. The van der Waals surface area contributed by atoms with Crippen LogP contribution in [0.15, 0.2) is 18.2 Å². The van der Waals surface area contributed by atoms with Gasteiger partial charge in [-0.2, -0.15) is 0 Å². The van der Waals surface area contributed by atoms with Crippen molar-refractivity contribution in [2.24, 2.45) is 5.92 Å².